The SMILES string of the molecule is COCCCN(C)Cc1cc(OC)ccc1C=CC(=O)O. The Morgan fingerprint density at radius 3 is 2.76 bits per heavy atom. The van der Waals surface area contributed by atoms with E-state index < -0.39 is 5.97 Å². The van der Waals surface area contributed by atoms with Gasteiger partial charge in [-0.15, -0.1) is 0 Å². The summed E-state index contributed by atoms with van der Waals surface area (Å²) in [4.78, 5) is 12.8. The summed E-state index contributed by atoms with van der Waals surface area (Å²) in [5.41, 5.74) is 1.92. The number of carbonyl (C=O) groups is 1. The number of benzene rings is 1. The lowest BCUT2D eigenvalue weighted by molar-refractivity contribution is -0.131. The van der Waals surface area contributed by atoms with Crippen molar-refractivity contribution < 1.29 is 19.4 Å². The molecule has 0 radical (unpaired) electrons. The van der Waals surface area contributed by atoms with Crippen LogP contribution in [0.3, 0.4) is 0 Å². The molecule has 0 atom stereocenters. The summed E-state index contributed by atoms with van der Waals surface area (Å²) in [6, 6.07) is 5.64. The first-order valence-corrected chi connectivity index (χ1v) is 6.82. The van der Waals surface area contributed by atoms with Crippen molar-refractivity contribution in [2.24, 2.45) is 0 Å². The highest BCUT2D eigenvalue weighted by Crippen LogP contribution is 2.20. The Hall–Kier alpha value is -1.85. The van der Waals surface area contributed by atoms with Crippen molar-refractivity contribution >= 4 is 12.0 Å². The molecule has 0 bridgehead atoms. The second kappa shape index (κ2) is 9.15. The van der Waals surface area contributed by atoms with E-state index in [1.807, 2.05) is 25.2 Å². The normalized spacial score (nSPS) is 11.2. The van der Waals surface area contributed by atoms with E-state index in [1.165, 1.54) is 0 Å². The van der Waals surface area contributed by atoms with Crippen LogP contribution in [-0.4, -0.2) is 50.4 Å². The molecule has 0 spiro atoms. The van der Waals surface area contributed by atoms with Gasteiger partial charge in [-0.1, -0.05) is 6.07 Å². The molecule has 21 heavy (non-hydrogen) atoms. The molecule has 1 rings (SSSR count). The first-order chi connectivity index (χ1) is 10.1. The Balaban J connectivity index is 2.83. The van der Waals surface area contributed by atoms with Gasteiger partial charge in [-0.05, 0) is 42.8 Å². The van der Waals surface area contributed by atoms with E-state index >= 15 is 0 Å². The molecule has 1 N–H and O–H groups in total. The molecule has 1 aromatic carbocycles. The van der Waals surface area contributed by atoms with E-state index in [-0.39, 0.29) is 0 Å². The maximum Gasteiger partial charge on any atom is 0.328 e. The van der Waals surface area contributed by atoms with Gasteiger partial charge in [0, 0.05) is 32.9 Å². The minimum atomic E-state index is -0.954. The molecular formula is C16H23NO4. The molecule has 116 valence electrons. The minimum absolute atomic E-state index is 0.722. The molecule has 0 fully saturated rings. The van der Waals surface area contributed by atoms with Gasteiger partial charge in [-0.25, -0.2) is 4.79 Å². The first-order valence-electron chi connectivity index (χ1n) is 6.82. The van der Waals surface area contributed by atoms with Crippen LogP contribution in [-0.2, 0) is 16.1 Å². The van der Waals surface area contributed by atoms with E-state index in [0.717, 1.165) is 49.1 Å². The fourth-order valence-corrected chi connectivity index (χ4v) is 2.02. The number of rotatable bonds is 9. The molecule has 0 aliphatic carbocycles. The third kappa shape index (κ3) is 6.42. The summed E-state index contributed by atoms with van der Waals surface area (Å²) >= 11 is 0. The molecular weight excluding hydrogens is 270 g/mol. The van der Waals surface area contributed by atoms with Crippen LogP contribution in [0.2, 0.25) is 0 Å². The summed E-state index contributed by atoms with van der Waals surface area (Å²) < 4.78 is 10.3. The zero-order valence-corrected chi connectivity index (χ0v) is 12.8. The molecule has 5 nitrogen and oxygen atoms in total. The van der Waals surface area contributed by atoms with Crippen LogP contribution in [0.15, 0.2) is 24.3 Å². The molecule has 0 aliphatic rings. The monoisotopic (exact) mass is 293 g/mol. The van der Waals surface area contributed by atoms with Crippen LogP contribution in [0.5, 0.6) is 5.75 Å². The number of carboxylic acids is 1. The number of nitrogens with zero attached hydrogens (tertiary/aromatic N) is 1. The van der Waals surface area contributed by atoms with Crippen molar-refractivity contribution in [2.75, 3.05) is 34.4 Å². The largest absolute Gasteiger partial charge is 0.497 e. The Kier molecular flexibility index (Phi) is 7.50. The molecule has 0 saturated heterocycles. The van der Waals surface area contributed by atoms with Crippen molar-refractivity contribution in [1.29, 1.82) is 0 Å². The fourth-order valence-electron chi connectivity index (χ4n) is 2.02. The molecule has 0 aromatic heterocycles. The smallest absolute Gasteiger partial charge is 0.328 e. The Morgan fingerprint density at radius 2 is 2.14 bits per heavy atom. The fraction of sp³-hybridized carbons (Fsp3) is 0.438. The second-order valence-electron chi connectivity index (χ2n) is 4.82. The average molecular weight is 293 g/mol. The van der Waals surface area contributed by atoms with Gasteiger partial charge in [-0.3, -0.25) is 0 Å². The van der Waals surface area contributed by atoms with Crippen LogP contribution >= 0.6 is 0 Å². The molecule has 0 heterocycles. The van der Waals surface area contributed by atoms with Crippen molar-refractivity contribution in [2.45, 2.75) is 13.0 Å². The topological polar surface area (TPSA) is 59.0 Å². The van der Waals surface area contributed by atoms with Gasteiger partial charge in [-0.2, -0.15) is 0 Å². The number of ether oxygens (including phenoxy) is 2. The van der Waals surface area contributed by atoms with E-state index in [0.29, 0.717) is 0 Å². The molecule has 0 aliphatic heterocycles. The first kappa shape index (κ1) is 17.2. The maximum atomic E-state index is 10.7. The van der Waals surface area contributed by atoms with E-state index in [9.17, 15) is 4.79 Å². The van der Waals surface area contributed by atoms with Crippen LogP contribution in [0.25, 0.3) is 6.08 Å². The summed E-state index contributed by atoms with van der Waals surface area (Å²) in [7, 11) is 5.34. The lowest BCUT2D eigenvalue weighted by Crippen LogP contribution is -2.20. The predicted octanol–water partition coefficient (Wildman–Crippen LogP) is 2.26. The third-order valence-electron chi connectivity index (χ3n) is 3.08. The number of aliphatic carboxylic acids is 1. The van der Waals surface area contributed by atoms with Gasteiger partial charge in [0.1, 0.15) is 5.75 Å². The Labute approximate surface area is 125 Å². The van der Waals surface area contributed by atoms with Crippen molar-refractivity contribution in [3.05, 3.63) is 35.4 Å². The quantitative estimate of drug-likeness (QED) is 0.559. The van der Waals surface area contributed by atoms with Crippen LogP contribution < -0.4 is 4.74 Å². The van der Waals surface area contributed by atoms with E-state index in [4.69, 9.17) is 14.6 Å². The van der Waals surface area contributed by atoms with Crippen LogP contribution in [0, 0.1) is 0 Å². The van der Waals surface area contributed by atoms with Gasteiger partial charge in [0.2, 0.25) is 0 Å². The average Bonchev–Trinajstić information content (AvgIpc) is 2.46. The number of hydrogen-bond acceptors (Lipinski definition) is 4. The summed E-state index contributed by atoms with van der Waals surface area (Å²) in [5, 5.41) is 8.76. The molecule has 5 heteroatoms. The van der Waals surface area contributed by atoms with Gasteiger partial charge < -0.3 is 19.5 Å². The summed E-state index contributed by atoms with van der Waals surface area (Å²) in [6.07, 6.45) is 3.72. The van der Waals surface area contributed by atoms with Crippen molar-refractivity contribution in [3.63, 3.8) is 0 Å². The van der Waals surface area contributed by atoms with Gasteiger partial charge in [0.25, 0.3) is 0 Å². The number of methoxy groups -OCH3 is 2. The Bertz CT molecular complexity index is 485. The number of carboxylic acid groups (broad SMARTS) is 1. The van der Waals surface area contributed by atoms with E-state index in [1.54, 1.807) is 20.3 Å². The van der Waals surface area contributed by atoms with Gasteiger partial charge >= 0.3 is 5.97 Å². The lowest BCUT2D eigenvalue weighted by Gasteiger charge is -2.18. The van der Waals surface area contributed by atoms with Crippen molar-refractivity contribution in [1.82, 2.24) is 4.90 Å². The van der Waals surface area contributed by atoms with Gasteiger partial charge in [0.15, 0.2) is 0 Å². The highest BCUT2D eigenvalue weighted by atomic mass is 16.5. The zero-order valence-electron chi connectivity index (χ0n) is 12.8. The van der Waals surface area contributed by atoms with Crippen LogP contribution in [0.4, 0.5) is 0 Å². The third-order valence-corrected chi connectivity index (χ3v) is 3.08. The lowest BCUT2D eigenvalue weighted by atomic mass is 10.1. The summed E-state index contributed by atoms with van der Waals surface area (Å²) in [6.45, 7) is 2.36. The van der Waals surface area contributed by atoms with Crippen molar-refractivity contribution in [3.8, 4) is 5.75 Å². The highest BCUT2D eigenvalue weighted by molar-refractivity contribution is 5.85. The zero-order chi connectivity index (χ0) is 15.7. The molecule has 1 aromatic rings. The Morgan fingerprint density at radius 1 is 1.38 bits per heavy atom. The van der Waals surface area contributed by atoms with Crippen LogP contribution in [0.1, 0.15) is 17.5 Å². The number of hydrogen-bond donors (Lipinski definition) is 1. The summed E-state index contributed by atoms with van der Waals surface area (Å²) in [5.74, 6) is -0.187. The molecule has 0 unspecified atom stereocenters. The second-order valence-corrected chi connectivity index (χ2v) is 4.82. The van der Waals surface area contributed by atoms with Gasteiger partial charge in [0.05, 0.1) is 7.11 Å². The molecule has 0 amide bonds. The highest BCUT2D eigenvalue weighted by Gasteiger charge is 2.06. The minimum Gasteiger partial charge on any atom is -0.497 e. The maximum absolute atomic E-state index is 10.7. The molecule has 0 saturated carbocycles. The predicted molar refractivity (Wildman–Crippen MR) is 82.5 cm³/mol. The standard InChI is InChI=1S/C16H23NO4/c1-17(9-4-10-20-2)12-14-11-15(21-3)7-5-13(14)6-8-16(18)19/h5-8,11H,4,9-10,12H2,1-3H3,(H,18,19). The van der Waals surface area contributed by atoms with E-state index in [2.05, 4.69) is 4.90 Å².